The van der Waals surface area contributed by atoms with Crippen molar-refractivity contribution in [2.45, 2.75) is 12.0 Å². The van der Waals surface area contributed by atoms with Crippen LogP contribution in [0.3, 0.4) is 0 Å². The normalized spacial score (nSPS) is 11.5. The summed E-state index contributed by atoms with van der Waals surface area (Å²) < 4.78 is 34.7. The Morgan fingerprint density at radius 3 is 2.68 bits per heavy atom. The fourth-order valence-electron chi connectivity index (χ4n) is 1.29. The Morgan fingerprint density at radius 1 is 1.37 bits per heavy atom. The highest BCUT2D eigenvalue weighted by atomic mass is 32.2. The molecular weight excluding hydrogens is 274 g/mol. The molecule has 0 atom stereocenters. The first kappa shape index (κ1) is 13.3. The van der Waals surface area contributed by atoms with E-state index in [9.17, 15) is 13.2 Å². The van der Waals surface area contributed by atoms with Crippen LogP contribution in [0.25, 0.3) is 0 Å². The molecule has 0 aliphatic rings. The number of aromatic nitrogens is 1. The molecule has 2 aromatic heterocycles. The maximum absolute atomic E-state index is 11.8. The molecule has 0 unspecified atom stereocenters. The molecule has 8 nitrogen and oxygen atoms in total. The average molecular weight is 285 g/mol. The zero-order chi connectivity index (χ0) is 14.0. The zero-order valence-corrected chi connectivity index (χ0v) is 10.9. The number of carbonyl (C=O) groups is 1. The summed E-state index contributed by atoms with van der Waals surface area (Å²) >= 11 is 0. The van der Waals surface area contributed by atoms with Crippen molar-refractivity contribution in [1.82, 2.24) is 9.88 Å². The summed E-state index contributed by atoms with van der Waals surface area (Å²) in [5.41, 5.74) is 0. The number of hydrogen-bond acceptors (Lipinski definition) is 6. The summed E-state index contributed by atoms with van der Waals surface area (Å²) in [6.45, 7) is 1.67. The number of nitrogens with zero attached hydrogens (tertiary/aromatic N) is 1. The first-order valence-electron chi connectivity index (χ1n) is 5.20. The van der Waals surface area contributed by atoms with Crippen molar-refractivity contribution in [2.75, 3.05) is 12.4 Å². The Morgan fingerprint density at radius 2 is 2.11 bits per heavy atom. The Hall–Kier alpha value is -2.13. The number of rotatable bonds is 4. The zero-order valence-electron chi connectivity index (χ0n) is 10.1. The summed E-state index contributed by atoms with van der Waals surface area (Å²) in [6, 6.07) is 3.97. The largest absolute Gasteiger partial charge is 0.438 e. The van der Waals surface area contributed by atoms with Crippen LogP contribution in [0.2, 0.25) is 0 Å². The van der Waals surface area contributed by atoms with Gasteiger partial charge in [-0.2, -0.15) is 0 Å². The number of carbonyl (C=O) groups excluding carboxylic acids is 1. The number of anilines is 1. The second-order valence-corrected chi connectivity index (χ2v) is 5.42. The highest BCUT2D eigenvalue weighted by molar-refractivity contribution is 7.89. The molecule has 9 heteroatoms. The molecule has 0 aliphatic heterocycles. The van der Waals surface area contributed by atoms with Crippen molar-refractivity contribution in [2.24, 2.45) is 0 Å². The maximum atomic E-state index is 11.8. The Bertz CT molecular complexity index is 700. The molecule has 2 aromatic rings. The molecule has 0 radical (unpaired) electrons. The molecule has 1 amide bonds. The smallest absolute Gasteiger partial charge is 0.292 e. The summed E-state index contributed by atoms with van der Waals surface area (Å²) in [4.78, 5) is 11.8. The number of amides is 1. The van der Waals surface area contributed by atoms with Crippen LogP contribution in [0, 0.1) is 6.92 Å². The summed E-state index contributed by atoms with van der Waals surface area (Å²) in [7, 11) is -2.46. The predicted molar refractivity (Wildman–Crippen MR) is 64.1 cm³/mol. The van der Waals surface area contributed by atoms with Gasteiger partial charge in [-0.25, -0.2) is 13.1 Å². The maximum Gasteiger partial charge on any atom is 0.292 e. The van der Waals surface area contributed by atoms with E-state index < -0.39 is 15.9 Å². The molecule has 2 rings (SSSR count). The Kier molecular flexibility index (Phi) is 3.40. The van der Waals surface area contributed by atoms with Crippen LogP contribution in [0.4, 0.5) is 5.82 Å². The van der Waals surface area contributed by atoms with Crippen molar-refractivity contribution in [1.29, 1.82) is 0 Å². The van der Waals surface area contributed by atoms with Gasteiger partial charge >= 0.3 is 0 Å². The quantitative estimate of drug-likeness (QED) is 0.856. The predicted octanol–water partition coefficient (Wildman–Crippen LogP) is 0.736. The van der Waals surface area contributed by atoms with Gasteiger partial charge in [-0.05, 0) is 26.1 Å². The van der Waals surface area contributed by atoms with Gasteiger partial charge in [0.05, 0.1) is 0 Å². The van der Waals surface area contributed by atoms with Crippen molar-refractivity contribution in [3.05, 3.63) is 29.7 Å². The van der Waals surface area contributed by atoms with Gasteiger partial charge in [0.2, 0.25) is 5.09 Å². The van der Waals surface area contributed by atoms with E-state index in [0.717, 1.165) is 0 Å². The summed E-state index contributed by atoms with van der Waals surface area (Å²) in [6.07, 6.45) is 0. The highest BCUT2D eigenvalue weighted by Crippen LogP contribution is 2.15. The lowest BCUT2D eigenvalue weighted by atomic mass is 10.4. The van der Waals surface area contributed by atoms with E-state index in [-0.39, 0.29) is 16.7 Å². The summed E-state index contributed by atoms with van der Waals surface area (Å²) in [5.74, 6) is -0.00884. The number of hydrogen-bond donors (Lipinski definition) is 2. The standard InChI is InChI=1S/C10H11N3O5S/c1-6-5-8(13-18-6)12-10(14)7-3-4-9(17-7)19(15,16)11-2/h3-5,11H,1-2H3,(H,12,13,14). The van der Waals surface area contributed by atoms with Crippen LogP contribution in [-0.2, 0) is 10.0 Å². The van der Waals surface area contributed by atoms with Crippen LogP contribution in [0.15, 0.2) is 32.2 Å². The van der Waals surface area contributed by atoms with Crippen molar-refractivity contribution in [3.63, 3.8) is 0 Å². The lowest BCUT2D eigenvalue weighted by molar-refractivity contribution is 0.0990. The minimum atomic E-state index is -3.71. The van der Waals surface area contributed by atoms with E-state index in [1.54, 1.807) is 6.92 Å². The SMILES string of the molecule is CNS(=O)(=O)c1ccc(C(=O)Nc2cc(C)on2)o1. The molecule has 2 N–H and O–H groups in total. The van der Waals surface area contributed by atoms with Gasteiger partial charge in [-0.1, -0.05) is 5.16 Å². The van der Waals surface area contributed by atoms with Gasteiger partial charge in [-0.15, -0.1) is 0 Å². The molecular formula is C10H11N3O5S. The van der Waals surface area contributed by atoms with E-state index in [1.165, 1.54) is 25.2 Å². The van der Waals surface area contributed by atoms with Crippen molar-refractivity contribution < 1.29 is 22.2 Å². The lowest BCUT2D eigenvalue weighted by Gasteiger charge is -1.98. The molecule has 0 saturated carbocycles. The Balaban J connectivity index is 2.17. The first-order chi connectivity index (χ1) is 8.92. The van der Waals surface area contributed by atoms with E-state index in [2.05, 4.69) is 15.2 Å². The molecule has 0 aromatic carbocycles. The van der Waals surface area contributed by atoms with Crippen LogP contribution >= 0.6 is 0 Å². The minimum absolute atomic E-state index is 0.144. The number of aryl methyl sites for hydroxylation is 1. The average Bonchev–Trinajstić information content (AvgIpc) is 2.98. The third-order valence-electron chi connectivity index (χ3n) is 2.21. The number of nitrogens with one attached hydrogen (secondary N) is 2. The molecule has 0 bridgehead atoms. The van der Waals surface area contributed by atoms with E-state index in [1.807, 2.05) is 0 Å². The summed E-state index contributed by atoms with van der Waals surface area (Å²) in [5, 5.41) is 5.65. The number of sulfonamides is 1. The molecule has 2 heterocycles. The minimum Gasteiger partial charge on any atom is -0.438 e. The topological polar surface area (TPSA) is 114 Å². The van der Waals surface area contributed by atoms with Gasteiger partial charge in [0, 0.05) is 6.07 Å². The van der Waals surface area contributed by atoms with Gasteiger partial charge in [-0.3, -0.25) is 4.79 Å². The highest BCUT2D eigenvalue weighted by Gasteiger charge is 2.20. The molecule has 0 saturated heterocycles. The first-order valence-corrected chi connectivity index (χ1v) is 6.69. The lowest BCUT2D eigenvalue weighted by Crippen LogP contribution is -2.18. The molecule has 19 heavy (non-hydrogen) atoms. The molecule has 0 aliphatic carbocycles. The number of furan rings is 1. The molecule has 0 fully saturated rings. The second kappa shape index (κ2) is 4.86. The second-order valence-electron chi connectivity index (χ2n) is 3.60. The fraction of sp³-hybridized carbons (Fsp3) is 0.200. The van der Waals surface area contributed by atoms with Crippen LogP contribution in [-0.4, -0.2) is 26.5 Å². The van der Waals surface area contributed by atoms with Crippen LogP contribution < -0.4 is 10.0 Å². The molecule has 0 spiro atoms. The van der Waals surface area contributed by atoms with E-state index in [0.29, 0.717) is 5.76 Å². The van der Waals surface area contributed by atoms with Gasteiger partial charge < -0.3 is 14.3 Å². The van der Waals surface area contributed by atoms with Crippen LogP contribution in [0.5, 0.6) is 0 Å². The van der Waals surface area contributed by atoms with Gasteiger partial charge in [0.25, 0.3) is 15.9 Å². The monoisotopic (exact) mass is 285 g/mol. The van der Waals surface area contributed by atoms with Crippen LogP contribution in [0.1, 0.15) is 16.3 Å². The molecule has 102 valence electrons. The third kappa shape index (κ3) is 2.83. The third-order valence-corrected chi connectivity index (χ3v) is 3.49. The van der Waals surface area contributed by atoms with E-state index >= 15 is 0 Å². The van der Waals surface area contributed by atoms with Crippen molar-refractivity contribution in [3.8, 4) is 0 Å². The van der Waals surface area contributed by atoms with Crippen molar-refractivity contribution >= 4 is 21.7 Å². The Labute approximate surface area is 108 Å². The van der Waals surface area contributed by atoms with Gasteiger partial charge in [0.15, 0.2) is 11.6 Å². The van der Waals surface area contributed by atoms with Gasteiger partial charge in [0.1, 0.15) is 5.76 Å². The van der Waals surface area contributed by atoms with E-state index in [4.69, 9.17) is 8.94 Å². The fourth-order valence-corrected chi connectivity index (χ4v) is 1.94.